The summed E-state index contributed by atoms with van der Waals surface area (Å²) in [5, 5.41) is 14.3. The minimum Gasteiger partial charge on any atom is -0.434 e. The predicted molar refractivity (Wildman–Crippen MR) is 197 cm³/mol. The number of benzene rings is 2. The number of hydrogen-bond donors (Lipinski definition) is 2. The van der Waals surface area contributed by atoms with Gasteiger partial charge in [-0.05, 0) is 49.8 Å². The molecule has 4 N–H and O–H groups in total. The first-order chi connectivity index (χ1) is 25.9. The van der Waals surface area contributed by atoms with E-state index >= 15 is 0 Å². The summed E-state index contributed by atoms with van der Waals surface area (Å²) >= 11 is 6.40. The van der Waals surface area contributed by atoms with Crippen LogP contribution in [0.25, 0.3) is 11.1 Å². The van der Waals surface area contributed by atoms with Crippen molar-refractivity contribution in [3.8, 4) is 11.1 Å². The maximum absolute atomic E-state index is 13.0. The fraction of sp³-hybridized carbons (Fsp3) is 0.457. The number of hydrazine groups is 1. The number of hydrogen-bond acceptors (Lipinski definition) is 15. The topological polar surface area (TPSA) is 235 Å². The molecule has 18 nitrogen and oxygen atoms in total. The molecule has 0 bridgehead atoms. The molecule has 1 aromatic heterocycles. The molecule has 0 aliphatic carbocycles. The lowest BCUT2D eigenvalue weighted by Gasteiger charge is -2.21. The lowest BCUT2D eigenvalue weighted by atomic mass is 9.98. The van der Waals surface area contributed by atoms with Crippen LogP contribution >= 0.6 is 11.6 Å². The van der Waals surface area contributed by atoms with Gasteiger partial charge in [0.2, 0.25) is 12.5 Å². The van der Waals surface area contributed by atoms with Crippen molar-refractivity contribution >= 4 is 36.0 Å². The first-order valence-corrected chi connectivity index (χ1v) is 17.5. The Morgan fingerprint density at radius 1 is 1.07 bits per heavy atom. The number of methoxy groups -OCH3 is 1. The van der Waals surface area contributed by atoms with Gasteiger partial charge in [0.05, 0.1) is 13.2 Å². The molecule has 0 spiro atoms. The van der Waals surface area contributed by atoms with Gasteiger partial charge in [0.15, 0.2) is 16.7 Å². The Morgan fingerprint density at radius 3 is 2.37 bits per heavy atom. The van der Waals surface area contributed by atoms with E-state index in [1.807, 2.05) is 50.2 Å². The van der Waals surface area contributed by atoms with Gasteiger partial charge >= 0.3 is 12.1 Å². The summed E-state index contributed by atoms with van der Waals surface area (Å²) in [7, 11) is 1.68. The molecule has 0 amide bonds. The highest BCUT2D eigenvalue weighted by atomic mass is 35.5. The molecule has 19 heteroatoms. The standard InChI is InChI=1S/C32H40ClN7O10.C3H8O/c1-4-5-12-27-36-29(33)28(31(42)50-22(3)47-20-41)38(27)19-23-13-15-24(16-14-23)25-10-6-7-11-26(25)30(34)37-39(35)21(2)49-32(43)46-17-8-9-18-48-40(44)45;1-3-4-2/h6-7,10-11,13-16,20-22H,4-5,8-9,12,17-19,35H2,1-3H3,(H2,34,37);3H2,1-2H3. The number of nitrogens with zero attached hydrogens (tertiary/aromatic N) is 5. The number of amidine groups is 1. The number of nitrogens with two attached hydrogens (primary N) is 2. The van der Waals surface area contributed by atoms with Crippen molar-refractivity contribution in [3.63, 3.8) is 0 Å². The number of aryl methyl sites for hydroxylation is 1. The number of halogens is 1. The average Bonchev–Trinajstić information content (AvgIpc) is 3.46. The van der Waals surface area contributed by atoms with Crippen molar-refractivity contribution in [2.45, 2.75) is 78.9 Å². The van der Waals surface area contributed by atoms with E-state index in [1.165, 1.54) is 13.8 Å². The minimum atomic E-state index is -1.11. The number of carbonyl (C=O) groups is 3. The van der Waals surface area contributed by atoms with E-state index in [0.717, 1.165) is 41.3 Å². The Balaban J connectivity index is 0.00000239. The smallest absolute Gasteiger partial charge is 0.434 e. The van der Waals surface area contributed by atoms with Gasteiger partial charge in [-0.25, -0.2) is 20.4 Å². The molecular formula is C35H48ClN7O11. The van der Waals surface area contributed by atoms with Crippen molar-refractivity contribution < 1.29 is 48.0 Å². The number of esters is 1. The summed E-state index contributed by atoms with van der Waals surface area (Å²) < 4.78 is 26.3. The normalized spacial score (nSPS) is 12.0. The van der Waals surface area contributed by atoms with Crippen LogP contribution in [-0.4, -0.2) is 83.6 Å². The molecule has 2 unspecified atom stereocenters. The highest BCUT2D eigenvalue weighted by Crippen LogP contribution is 2.26. The Kier molecular flexibility index (Phi) is 19.8. The van der Waals surface area contributed by atoms with Crippen LogP contribution in [0, 0.1) is 10.1 Å². The molecule has 0 saturated carbocycles. The molecule has 3 rings (SSSR count). The van der Waals surface area contributed by atoms with Crippen LogP contribution in [0.2, 0.25) is 5.15 Å². The zero-order chi connectivity index (χ0) is 40.0. The highest BCUT2D eigenvalue weighted by Gasteiger charge is 2.25. The van der Waals surface area contributed by atoms with Crippen molar-refractivity contribution in [2.75, 3.05) is 26.9 Å². The maximum atomic E-state index is 13.0. The lowest BCUT2D eigenvalue weighted by molar-refractivity contribution is -0.757. The third kappa shape index (κ3) is 14.9. The number of ether oxygens (including phenoxy) is 5. The molecule has 0 aliphatic rings. The van der Waals surface area contributed by atoms with Gasteiger partial charge in [0.25, 0.3) is 11.6 Å². The zero-order valence-electron chi connectivity index (χ0n) is 31.0. The van der Waals surface area contributed by atoms with E-state index in [-0.39, 0.29) is 42.9 Å². The lowest BCUT2D eigenvalue weighted by Crippen LogP contribution is -2.40. The molecule has 2 atom stereocenters. The quantitative estimate of drug-likeness (QED) is 0.0163. The summed E-state index contributed by atoms with van der Waals surface area (Å²) in [5.41, 5.74) is 9.33. The third-order valence-corrected chi connectivity index (χ3v) is 7.65. The average molecular weight is 778 g/mol. The van der Waals surface area contributed by atoms with Crippen molar-refractivity contribution in [3.05, 3.63) is 86.4 Å². The van der Waals surface area contributed by atoms with Crippen LogP contribution in [0.4, 0.5) is 4.79 Å². The van der Waals surface area contributed by atoms with Crippen molar-refractivity contribution in [2.24, 2.45) is 16.7 Å². The molecule has 1 heterocycles. The van der Waals surface area contributed by atoms with Gasteiger partial charge in [-0.3, -0.25) is 4.79 Å². The number of carbonyl (C=O) groups excluding carboxylic acids is 3. The molecule has 0 aliphatic heterocycles. The van der Waals surface area contributed by atoms with Gasteiger partial charge in [0, 0.05) is 39.2 Å². The minimum absolute atomic E-state index is 0.0109. The Bertz CT molecular complexity index is 1670. The van der Waals surface area contributed by atoms with Crippen LogP contribution in [0.3, 0.4) is 0 Å². The summed E-state index contributed by atoms with van der Waals surface area (Å²) in [5.74, 6) is 5.90. The summed E-state index contributed by atoms with van der Waals surface area (Å²) in [6, 6.07) is 14.8. The maximum Gasteiger partial charge on any atom is 0.510 e. The second-order valence-corrected chi connectivity index (χ2v) is 11.7. The fourth-order valence-corrected chi connectivity index (χ4v) is 4.86. The second kappa shape index (κ2) is 24.0. The van der Waals surface area contributed by atoms with Gasteiger partial charge < -0.3 is 38.8 Å². The van der Waals surface area contributed by atoms with Crippen molar-refractivity contribution in [1.82, 2.24) is 14.7 Å². The number of hydrazone groups is 1. The summed E-state index contributed by atoms with van der Waals surface area (Å²) in [6.45, 7) is 8.01. The van der Waals surface area contributed by atoms with E-state index in [2.05, 4.69) is 19.7 Å². The number of imidazole rings is 1. The fourth-order valence-electron chi connectivity index (χ4n) is 4.59. The first kappa shape index (κ1) is 44.7. The van der Waals surface area contributed by atoms with Crippen LogP contribution in [0.1, 0.15) is 80.8 Å². The summed E-state index contributed by atoms with van der Waals surface area (Å²) in [4.78, 5) is 54.5. The monoisotopic (exact) mass is 777 g/mol. The Hall–Kier alpha value is -5.46. The molecular weight excluding hydrogens is 730 g/mol. The van der Waals surface area contributed by atoms with Crippen LogP contribution < -0.4 is 11.6 Å². The van der Waals surface area contributed by atoms with Crippen LogP contribution in [0.15, 0.2) is 53.6 Å². The number of rotatable bonds is 21. The molecule has 3 aromatic rings. The Morgan fingerprint density at radius 2 is 1.74 bits per heavy atom. The summed E-state index contributed by atoms with van der Waals surface area (Å²) in [6.07, 6.45) is -0.202. The van der Waals surface area contributed by atoms with Gasteiger partial charge in [-0.1, -0.05) is 73.5 Å². The molecule has 2 aromatic carbocycles. The molecule has 0 fully saturated rings. The van der Waals surface area contributed by atoms with E-state index in [1.54, 1.807) is 23.8 Å². The molecule has 296 valence electrons. The molecule has 0 radical (unpaired) electrons. The molecule has 54 heavy (non-hydrogen) atoms. The van der Waals surface area contributed by atoms with E-state index in [9.17, 15) is 24.5 Å². The van der Waals surface area contributed by atoms with Gasteiger partial charge in [-0.15, -0.1) is 15.2 Å². The highest BCUT2D eigenvalue weighted by molar-refractivity contribution is 6.32. The van der Waals surface area contributed by atoms with Gasteiger partial charge in [0.1, 0.15) is 5.82 Å². The zero-order valence-corrected chi connectivity index (χ0v) is 31.7. The van der Waals surface area contributed by atoms with Crippen LogP contribution in [0.5, 0.6) is 0 Å². The SMILES string of the molecule is CCCCc1nc(Cl)c(C(=O)OC(C)OC=O)n1Cc1ccc(-c2ccccc2/C(N)=N/N(N)C(C)OC(=O)OCCCCO[N+](=O)[O-])cc1.CCOC. The number of unbranched alkanes of at least 4 members (excludes halogenated alkanes) is 2. The third-order valence-electron chi connectivity index (χ3n) is 7.39. The van der Waals surface area contributed by atoms with Crippen molar-refractivity contribution in [1.29, 1.82) is 0 Å². The largest absolute Gasteiger partial charge is 0.510 e. The Labute approximate surface area is 318 Å². The van der Waals surface area contributed by atoms with E-state index in [4.69, 9.17) is 42.1 Å². The first-order valence-electron chi connectivity index (χ1n) is 17.1. The second-order valence-electron chi connectivity index (χ2n) is 11.3. The van der Waals surface area contributed by atoms with E-state index < -0.39 is 29.7 Å². The molecule has 0 saturated heterocycles. The predicted octanol–water partition coefficient (Wildman–Crippen LogP) is 5.21. The number of aromatic nitrogens is 2. The van der Waals surface area contributed by atoms with E-state index in [0.29, 0.717) is 30.7 Å². The van der Waals surface area contributed by atoms with Gasteiger partial charge in [-0.2, -0.15) is 5.12 Å². The van der Waals surface area contributed by atoms with Crippen LogP contribution in [-0.2, 0) is 46.3 Å².